The first-order chi connectivity index (χ1) is 6.25. The lowest BCUT2D eigenvalue weighted by atomic mass is 10.2. The molecule has 0 nitrogen and oxygen atoms in total. The van der Waals surface area contributed by atoms with Gasteiger partial charge in [-0.3, -0.25) is 0 Å². The highest BCUT2D eigenvalue weighted by Crippen LogP contribution is 2.30. The van der Waals surface area contributed by atoms with Gasteiger partial charge in [0.25, 0.3) is 0 Å². The van der Waals surface area contributed by atoms with E-state index >= 15 is 0 Å². The van der Waals surface area contributed by atoms with E-state index in [1.54, 1.807) is 11.3 Å². The van der Waals surface area contributed by atoms with Crippen molar-refractivity contribution in [3.63, 3.8) is 0 Å². The molecule has 0 bridgehead atoms. The Bertz CT molecular complexity index is 405. The molecule has 0 aliphatic heterocycles. The maximum Gasteiger partial charge on any atom is 0.0406 e. The molecule has 0 N–H and O–H groups in total. The lowest BCUT2D eigenvalue weighted by molar-refractivity contribution is 1.69. The molecule has 0 saturated carbocycles. The summed E-state index contributed by atoms with van der Waals surface area (Å²) in [6.07, 6.45) is 0. The first kappa shape index (κ1) is 9.25. The fraction of sp³-hybridized carbons (Fsp3) is 0. The van der Waals surface area contributed by atoms with Crippen LogP contribution in [0.15, 0.2) is 40.2 Å². The predicted molar refractivity (Wildman–Crippen MR) is 62.5 cm³/mol. The fourth-order valence-corrected chi connectivity index (χ4v) is 2.64. The summed E-state index contributed by atoms with van der Waals surface area (Å²) in [7, 11) is 0. The topological polar surface area (TPSA) is 0 Å². The van der Waals surface area contributed by atoms with Crippen LogP contribution in [-0.2, 0) is 0 Å². The smallest absolute Gasteiger partial charge is 0.0406 e. The molecular formula is C10H6BrClS. The third kappa shape index (κ3) is 2.13. The first-order valence-corrected chi connectivity index (χ1v) is 5.81. The van der Waals surface area contributed by atoms with E-state index in [1.165, 1.54) is 10.4 Å². The molecule has 0 aliphatic carbocycles. The fourth-order valence-electron chi connectivity index (χ4n) is 1.08. The van der Waals surface area contributed by atoms with Crippen molar-refractivity contribution in [3.8, 4) is 10.4 Å². The van der Waals surface area contributed by atoms with Gasteiger partial charge in [-0.05, 0) is 39.7 Å². The van der Waals surface area contributed by atoms with Crippen LogP contribution in [0.3, 0.4) is 0 Å². The van der Waals surface area contributed by atoms with Crippen LogP contribution in [0.5, 0.6) is 0 Å². The number of rotatable bonds is 1. The van der Waals surface area contributed by atoms with E-state index in [-0.39, 0.29) is 0 Å². The van der Waals surface area contributed by atoms with Crippen molar-refractivity contribution in [2.45, 2.75) is 0 Å². The van der Waals surface area contributed by atoms with Crippen LogP contribution in [-0.4, -0.2) is 0 Å². The average Bonchev–Trinajstić information content (AvgIpc) is 2.53. The van der Waals surface area contributed by atoms with Crippen molar-refractivity contribution in [3.05, 3.63) is 45.2 Å². The van der Waals surface area contributed by atoms with Crippen LogP contribution < -0.4 is 0 Å². The molecule has 66 valence electrons. The van der Waals surface area contributed by atoms with Gasteiger partial charge in [0.05, 0.1) is 0 Å². The molecule has 3 heteroatoms. The molecule has 0 aliphatic rings. The lowest BCUT2D eigenvalue weighted by Gasteiger charge is -1.95. The Kier molecular flexibility index (Phi) is 2.72. The summed E-state index contributed by atoms with van der Waals surface area (Å²) in [5, 5.41) is 2.85. The monoisotopic (exact) mass is 272 g/mol. The molecule has 2 rings (SSSR count). The van der Waals surface area contributed by atoms with Gasteiger partial charge < -0.3 is 0 Å². The maximum atomic E-state index is 5.80. The summed E-state index contributed by atoms with van der Waals surface area (Å²) in [5.41, 5.74) is 1.21. The van der Waals surface area contributed by atoms with E-state index in [4.69, 9.17) is 11.6 Å². The van der Waals surface area contributed by atoms with Crippen LogP contribution in [0, 0.1) is 0 Å². The highest BCUT2D eigenvalue weighted by atomic mass is 79.9. The molecule has 1 heterocycles. The summed E-state index contributed by atoms with van der Waals surface area (Å²) in [6.45, 7) is 0. The van der Waals surface area contributed by atoms with E-state index in [1.807, 2.05) is 24.3 Å². The highest BCUT2D eigenvalue weighted by Gasteiger charge is 2.00. The zero-order valence-electron chi connectivity index (χ0n) is 6.63. The summed E-state index contributed by atoms with van der Waals surface area (Å²) in [6, 6.07) is 9.98. The number of thiophene rings is 1. The van der Waals surface area contributed by atoms with Crippen LogP contribution in [0.25, 0.3) is 10.4 Å². The van der Waals surface area contributed by atoms with E-state index in [9.17, 15) is 0 Å². The van der Waals surface area contributed by atoms with Gasteiger partial charge in [-0.2, -0.15) is 0 Å². The minimum Gasteiger partial charge on any atom is -0.143 e. The average molecular weight is 274 g/mol. The number of halogens is 2. The van der Waals surface area contributed by atoms with Crippen LogP contribution in [0.1, 0.15) is 0 Å². The Balaban J connectivity index is 2.41. The third-order valence-corrected chi connectivity index (χ3v) is 3.69. The zero-order chi connectivity index (χ0) is 9.26. The summed E-state index contributed by atoms with van der Waals surface area (Å²) in [5.74, 6) is 0. The van der Waals surface area contributed by atoms with Crippen molar-refractivity contribution in [1.82, 2.24) is 0 Å². The van der Waals surface area contributed by atoms with Gasteiger partial charge in [-0.1, -0.05) is 23.7 Å². The van der Waals surface area contributed by atoms with Gasteiger partial charge in [0, 0.05) is 19.8 Å². The van der Waals surface area contributed by atoms with E-state index < -0.39 is 0 Å². The lowest BCUT2D eigenvalue weighted by Crippen LogP contribution is -1.69. The molecule has 2 aromatic rings. The molecule has 0 spiro atoms. The number of benzene rings is 1. The maximum absolute atomic E-state index is 5.80. The van der Waals surface area contributed by atoms with Gasteiger partial charge in [0.15, 0.2) is 0 Å². The van der Waals surface area contributed by atoms with E-state index in [2.05, 4.69) is 27.4 Å². The normalized spacial score (nSPS) is 10.3. The van der Waals surface area contributed by atoms with E-state index in [0.29, 0.717) is 0 Å². The molecule has 0 atom stereocenters. The van der Waals surface area contributed by atoms with Gasteiger partial charge >= 0.3 is 0 Å². The van der Waals surface area contributed by atoms with Crippen LogP contribution >= 0.6 is 38.9 Å². The molecule has 0 unspecified atom stereocenters. The number of hydrogen-bond donors (Lipinski definition) is 0. The van der Waals surface area contributed by atoms with Crippen molar-refractivity contribution < 1.29 is 0 Å². The van der Waals surface area contributed by atoms with Crippen molar-refractivity contribution in [2.75, 3.05) is 0 Å². The second-order valence-electron chi connectivity index (χ2n) is 2.64. The van der Waals surface area contributed by atoms with Crippen LogP contribution in [0.2, 0.25) is 5.02 Å². The van der Waals surface area contributed by atoms with Crippen molar-refractivity contribution in [1.29, 1.82) is 0 Å². The minimum atomic E-state index is 0.777. The van der Waals surface area contributed by atoms with Crippen molar-refractivity contribution >= 4 is 38.9 Å². The molecule has 1 aromatic heterocycles. The van der Waals surface area contributed by atoms with Gasteiger partial charge in [0.1, 0.15) is 0 Å². The zero-order valence-corrected chi connectivity index (χ0v) is 9.79. The predicted octanol–water partition coefficient (Wildman–Crippen LogP) is 4.83. The quantitative estimate of drug-likeness (QED) is 0.698. The molecular weight excluding hydrogens is 268 g/mol. The second-order valence-corrected chi connectivity index (χ2v) is 4.90. The van der Waals surface area contributed by atoms with Gasteiger partial charge in [-0.25, -0.2) is 0 Å². The largest absolute Gasteiger partial charge is 0.143 e. The van der Waals surface area contributed by atoms with Crippen molar-refractivity contribution in [2.24, 2.45) is 0 Å². The summed E-state index contributed by atoms with van der Waals surface area (Å²) < 4.78 is 1.13. The minimum absolute atomic E-state index is 0.777. The highest BCUT2D eigenvalue weighted by molar-refractivity contribution is 9.10. The second kappa shape index (κ2) is 3.82. The Morgan fingerprint density at radius 1 is 1.15 bits per heavy atom. The Morgan fingerprint density at radius 3 is 2.38 bits per heavy atom. The van der Waals surface area contributed by atoms with Gasteiger partial charge in [-0.15, -0.1) is 11.3 Å². The molecule has 0 fully saturated rings. The summed E-state index contributed by atoms with van der Waals surface area (Å²) in [4.78, 5) is 1.25. The van der Waals surface area contributed by atoms with Gasteiger partial charge in [0.2, 0.25) is 0 Å². The number of hydrogen-bond acceptors (Lipinski definition) is 1. The Hall–Kier alpha value is -0.310. The molecule has 0 amide bonds. The molecule has 13 heavy (non-hydrogen) atoms. The molecule has 0 saturated heterocycles. The van der Waals surface area contributed by atoms with Crippen LogP contribution in [0.4, 0.5) is 0 Å². The molecule has 0 radical (unpaired) electrons. The third-order valence-electron chi connectivity index (χ3n) is 1.70. The standard InChI is InChI=1S/C10H6BrClS/c11-8-5-10(13-6-8)7-1-3-9(12)4-2-7/h1-6H. The Morgan fingerprint density at radius 2 is 1.85 bits per heavy atom. The molecule has 1 aromatic carbocycles. The Labute approximate surface area is 94.3 Å². The summed E-state index contributed by atoms with van der Waals surface area (Å²) >= 11 is 10.9. The van der Waals surface area contributed by atoms with E-state index in [0.717, 1.165) is 9.50 Å². The SMILES string of the molecule is Clc1ccc(-c2cc(Br)cs2)cc1. The first-order valence-electron chi connectivity index (χ1n) is 3.76.